The van der Waals surface area contributed by atoms with Crippen LogP contribution in [0.15, 0.2) is 22.3 Å². The SMILES string of the molecule is CCOC(=O)C1CCCN(c2nc3c(c(=O)[nH]2)C(c2cccs2)C(C#N)C(=O)N3)C1. The minimum atomic E-state index is -1.01. The molecule has 2 aromatic heterocycles. The Balaban J connectivity index is 1.70. The number of thiophene rings is 1. The summed E-state index contributed by atoms with van der Waals surface area (Å²) in [5, 5.41) is 14.0. The number of aromatic amines is 1. The van der Waals surface area contributed by atoms with E-state index < -0.39 is 23.3 Å². The van der Waals surface area contributed by atoms with Gasteiger partial charge in [0.1, 0.15) is 11.7 Å². The van der Waals surface area contributed by atoms with Crippen LogP contribution in [0.5, 0.6) is 0 Å². The largest absolute Gasteiger partial charge is 0.466 e. The standard InChI is InChI=1S/C20H21N5O4S/c1-2-29-19(28)11-5-3-7-25(10-11)20-23-16-15(18(27)24-20)14(13-6-4-8-30-13)12(9-21)17(26)22-16/h4,6,8,11-12,14H,2-3,5,7,10H2,1H3,(H2,22,23,24,26,27). The molecule has 2 aliphatic heterocycles. The van der Waals surface area contributed by atoms with Crippen LogP contribution in [0.2, 0.25) is 0 Å². The number of hydrogen-bond acceptors (Lipinski definition) is 8. The lowest BCUT2D eigenvalue weighted by Gasteiger charge is -2.33. The molecule has 4 heterocycles. The summed E-state index contributed by atoms with van der Waals surface area (Å²) < 4.78 is 5.13. The maximum Gasteiger partial charge on any atom is 0.310 e. The number of fused-ring (bicyclic) bond motifs is 1. The van der Waals surface area contributed by atoms with Gasteiger partial charge in [0.2, 0.25) is 11.9 Å². The van der Waals surface area contributed by atoms with Crippen molar-refractivity contribution in [1.82, 2.24) is 9.97 Å². The Hall–Kier alpha value is -3.19. The number of ether oxygens (including phenoxy) is 1. The van der Waals surface area contributed by atoms with E-state index >= 15 is 0 Å². The molecular formula is C20H21N5O4S. The van der Waals surface area contributed by atoms with Crippen molar-refractivity contribution in [2.45, 2.75) is 25.7 Å². The van der Waals surface area contributed by atoms with E-state index in [1.165, 1.54) is 11.3 Å². The number of aromatic nitrogens is 2. The molecule has 0 aromatic carbocycles. The minimum absolute atomic E-state index is 0.168. The Morgan fingerprint density at radius 1 is 1.47 bits per heavy atom. The van der Waals surface area contributed by atoms with E-state index in [4.69, 9.17) is 4.74 Å². The first-order valence-corrected chi connectivity index (χ1v) is 10.7. The third-order valence-corrected chi connectivity index (χ3v) is 6.40. The molecular weight excluding hydrogens is 406 g/mol. The van der Waals surface area contributed by atoms with Gasteiger partial charge in [-0.05, 0) is 31.2 Å². The van der Waals surface area contributed by atoms with Crippen LogP contribution < -0.4 is 15.8 Å². The maximum absolute atomic E-state index is 13.0. The quantitative estimate of drug-likeness (QED) is 0.713. The molecule has 3 atom stereocenters. The van der Waals surface area contributed by atoms with Crippen molar-refractivity contribution in [3.8, 4) is 6.07 Å². The molecule has 0 radical (unpaired) electrons. The zero-order valence-corrected chi connectivity index (χ0v) is 17.2. The van der Waals surface area contributed by atoms with Crippen molar-refractivity contribution in [3.63, 3.8) is 0 Å². The Morgan fingerprint density at radius 3 is 3.00 bits per heavy atom. The second-order valence-corrected chi connectivity index (χ2v) is 8.26. The summed E-state index contributed by atoms with van der Waals surface area (Å²) >= 11 is 1.39. The summed E-state index contributed by atoms with van der Waals surface area (Å²) in [5.74, 6) is -2.24. The highest BCUT2D eigenvalue weighted by Gasteiger charge is 2.41. The van der Waals surface area contributed by atoms with E-state index in [0.29, 0.717) is 32.1 Å². The van der Waals surface area contributed by atoms with Crippen molar-refractivity contribution in [2.24, 2.45) is 11.8 Å². The van der Waals surface area contributed by atoms with Gasteiger partial charge < -0.3 is 15.0 Å². The lowest BCUT2D eigenvalue weighted by Crippen LogP contribution is -2.43. The second kappa shape index (κ2) is 8.28. The first-order chi connectivity index (χ1) is 14.5. The van der Waals surface area contributed by atoms with E-state index in [1.54, 1.807) is 6.92 Å². The topological polar surface area (TPSA) is 128 Å². The van der Waals surface area contributed by atoms with Gasteiger partial charge in [-0.15, -0.1) is 11.3 Å². The normalized spacial score (nSPS) is 23.3. The van der Waals surface area contributed by atoms with E-state index in [2.05, 4.69) is 15.3 Å². The molecule has 30 heavy (non-hydrogen) atoms. The van der Waals surface area contributed by atoms with Gasteiger partial charge in [0.25, 0.3) is 5.56 Å². The average molecular weight is 427 g/mol. The molecule has 3 unspecified atom stereocenters. The lowest BCUT2D eigenvalue weighted by molar-refractivity contribution is -0.148. The predicted octanol–water partition coefficient (Wildman–Crippen LogP) is 1.83. The van der Waals surface area contributed by atoms with Crippen molar-refractivity contribution in [2.75, 3.05) is 29.9 Å². The maximum atomic E-state index is 13.0. The number of nitrogens with zero attached hydrogens (tertiary/aromatic N) is 3. The van der Waals surface area contributed by atoms with Crippen LogP contribution in [0.1, 0.15) is 36.1 Å². The first-order valence-electron chi connectivity index (χ1n) is 9.83. The number of carbonyl (C=O) groups is 2. The molecule has 2 aliphatic rings. The number of anilines is 2. The predicted molar refractivity (Wildman–Crippen MR) is 110 cm³/mol. The summed E-state index contributed by atoms with van der Waals surface area (Å²) in [5.41, 5.74) is -0.113. The Labute approximate surface area is 176 Å². The molecule has 2 aromatic rings. The molecule has 10 heteroatoms. The van der Waals surface area contributed by atoms with Gasteiger partial charge in [-0.25, -0.2) is 0 Å². The minimum Gasteiger partial charge on any atom is -0.466 e. The highest BCUT2D eigenvalue weighted by molar-refractivity contribution is 7.10. The highest BCUT2D eigenvalue weighted by Crippen LogP contribution is 2.40. The number of rotatable bonds is 4. The molecule has 0 spiro atoms. The number of hydrogen-bond donors (Lipinski definition) is 2. The summed E-state index contributed by atoms with van der Waals surface area (Å²) in [6, 6.07) is 5.65. The summed E-state index contributed by atoms with van der Waals surface area (Å²) in [6.07, 6.45) is 1.47. The van der Waals surface area contributed by atoms with Crippen LogP contribution in [-0.4, -0.2) is 41.5 Å². The molecule has 156 valence electrons. The van der Waals surface area contributed by atoms with Crippen LogP contribution in [0.25, 0.3) is 0 Å². The van der Waals surface area contributed by atoms with Gasteiger partial charge >= 0.3 is 5.97 Å². The van der Waals surface area contributed by atoms with Gasteiger partial charge in [-0.2, -0.15) is 10.2 Å². The third-order valence-electron chi connectivity index (χ3n) is 5.44. The number of nitriles is 1. The van der Waals surface area contributed by atoms with Crippen LogP contribution in [0, 0.1) is 23.2 Å². The van der Waals surface area contributed by atoms with Crippen molar-refractivity contribution >= 4 is 35.0 Å². The number of nitrogens with one attached hydrogen (secondary N) is 2. The Bertz CT molecular complexity index is 1060. The van der Waals surface area contributed by atoms with E-state index in [9.17, 15) is 19.6 Å². The number of piperidine rings is 1. The fourth-order valence-corrected chi connectivity index (χ4v) is 4.92. The summed E-state index contributed by atoms with van der Waals surface area (Å²) in [7, 11) is 0. The van der Waals surface area contributed by atoms with Gasteiger partial charge in [-0.1, -0.05) is 6.07 Å². The molecule has 0 aliphatic carbocycles. The number of amides is 1. The molecule has 9 nitrogen and oxygen atoms in total. The molecule has 1 saturated heterocycles. The van der Waals surface area contributed by atoms with Gasteiger partial charge in [0.15, 0.2) is 0 Å². The Kier molecular flexibility index (Phi) is 5.55. The lowest BCUT2D eigenvalue weighted by atomic mass is 9.83. The molecule has 0 saturated carbocycles. The molecule has 0 bridgehead atoms. The fourth-order valence-electron chi connectivity index (χ4n) is 4.05. The molecule has 2 N–H and O–H groups in total. The van der Waals surface area contributed by atoms with Crippen LogP contribution in [0.3, 0.4) is 0 Å². The third kappa shape index (κ3) is 3.57. The van der Waals surface area contributed by atoms with E-state index in [0.717, 1.165) is 11.3 Å². The van der Waals surface area contributed by atoms with Crippen LogP contribution in [0.4, 0.5) is 11.8 Å². The number of esters is 1. The van der Waals surface area contributed by atoms with E-state index in [-0.39, 0.29) is 23.3 Å². The second-order valence-electron chi connectivity index (χ2n) is 7.28. The van der Waals surface area contributed by atoms with Gasteiger partial charge in [-0.3, -0.25) is 19.4 Å². The Morgan fingerprint density at radius 2 is 2.30 bits per heavy atom. The highest BCUT2D eigenvalue weighted by atomic mass is 32.1. The van der Waals surface area contributed by atoms with Crippen molar-refractivity contribution in [3.05, 3.63) is 38.3 Å². The number of carbonyl (C=O) groups excluding carboxylic acids is 2. The molecule has 4 rings (SSSR count). The molecule has 1 fully saturated rings. The summed E-state index contributed by atoms with van der Waals surface area (Å²) in [6.45, 7) is 3.09. The molecule has 1 amide bonds. The fraction of sp³-hybridized carbons (Fsp3) is 0.450. The van der Waals surface area contributed by atoms with Crippen molar-refractivity contribution < 1.29 is 14.3 Å². The monoisotopic (exact) mass is 427 g/mol. The zero-order valence-electron chi connectivity index (χ0n) is 16.4. The van der Waals surface area contributed by atoms with E-state index in [1.807, 2.05) is 28.5 Å². The summed E-state index contributed by atoms with van der Waals surface area (Å²) in [4.78, 5) is 47.6. The van der Waals surface area contributed by atoms with Crippen LogP contribution >= 0.6 is 11.3 Å². The van der Waals surface area contributed by atoms with Gasteiger partial charge in [0.05, 0.1) is 30.1 Å². The average Bonchev–Trinajstić information content (AvgIpc) is 3.27. The van der Waals surface area contributed by atoms with Gasteiger partial charge in [0, 0.05) is 18.0 Å². The van der Waals surface area contributed by atoms with Crippen molar-refractivity contribution in [1.29, 1.82) is 5.26 Å². The first kappa shape index (κ1) is 20.1. The van der Waals surface area contributed by atoms with Crippen LogP contribution in [-0.2, 0) is 14.3 Å². The smallest absolute Gasteiger partial charge is 0.310 e. The zero-order chi connectivity index (χ0) is 21.3. The number of H-pyrrole nitrogens is 1.